The summed E-state index contributed by atoms with van der Waals surface area (Å²) >= 11 is 0. The fraction of sp³-hybridized carbons (Fsp3) is 0.182. The Kier molecular flexibility index (Phi) is 3.75. The van der Waals surface area contributed by atoms with Gasteiger partial charge in [-0.05, 0) is 12.1 Å². The van der Waals surface area contributed by atoms with Crippen LogP contribution in [0.4, 0.5) is 5.69 Å². The van der Waals surface area contributed by atoms with Crippen LogP contribution in [0.15, 0.2) is 30.6 Å². The minimum absolute atomic E-state index is 0.180. The van der Waals surface area contributed by atoms with Gasteiger partial charge in [-0.3, -0.25) is 9.89 Å². The van der Waals surface area contributed by atoms with Crippen LogP contribution in [0.5, 0.6) is 5.75 Å². The van der Waals surface area contributed by atoms with Crippen molar-refractivity contribution in [1.82, 2.24) is 20.5 Å². The number of hydrogen-bond acceptors (Lipinski definition) is 5. The van der Waals surface area contributed by atoms with Crippen molar-refractivity contribution < 1.29 is 9.53 Å². The van der Waals surface area contributed by atoms with Crippen molar-refractivity contribution in [3.8, 4) is 5.75 Å². The number of ether oxygens (including phenoxy) is 1. The summed E-state index contributed by atoms with van der Waals surface area (Å²) in [4.78, 5) is 15.2. The van der Waals surface area contributed by atoms with Gasteiger partial charge in [0.1, 0.15) is 18.7 Å². The van der Waals surface area contributed by atoms with E-state index < -0.39 is 0 Å². The summed E-state index contributed by atoms with van der Waals surface area (Å²) in [6.07, 6.45) is 1.28. The Morgan fingerprint density at radius 3 is 3.11 bits per heavy atom. The zero-order chi connectivity index (χ0) is 12.8. The Morgan fingerprint density at radius 2 is 2.39 bits per heavy atom. The molecule has 94 valence electrons. The molecule has 7 nitrogen and oxygen atoms in total. The van der Waals surface area contributed by atoms with Gasteiger partial charge in [-0.15, -0.1) is 0 Å². The molecule has 4 N–H and O–H groups in total. The van der Waals surface area contributed by atoms with Gasteiger partial charge >= 0.3 is 0 Å². The maximum atomic E-state index is 11.5. The molecule has 0 saturated carbocycles. The molecular weight excluding hydrogens is 234 g/mol. The fourth-order valence-electron chi connectivity index (χ4n) is 1.34. The third kappa shape index (κ3) is 3.21. The molecule has 0 spiro atoms. The van der Waals surface area contributed by atoms with Crippen LogP contribution in [-0.2, 0) is 0 Å². The third-order valence-corrected chi connectivity index (χ3v) is 2.14. The largest absolute Gasteiger partial charge is 0.492 e. The van der Waals surface area contributed by atoms with Gasteiger partial charge in [-0.25, -0.2) is 4.98 Å². The Morgan fingerprint density at radius 1 is 1.50 bits per heavy atom. The predicted molar refractivity (Wildman–Crippen MR) is 65.1 cm³/mol. The van der Waals surface area contributed by atoms with Crippen molar-refractivity contribution in [1.29, 1.82) is 0 Å². The van der Waals surface area contributed by atoms with Crippen LogP contribution in [0.25, 0.3) is 0 Å². The SMILES string of the molecule is Nc1cccc(OCCNC(=O)c2ncn[nH]2)c1. The summed E-state index contributed by atoms with van der Waals surface area (Å²) < 4.78 is 5.41. The summed E-state index contributed by atoms with van der Waals surface area (Å²) in [5.41, 5.74) is 6.24. The molecule has 1 aromatic carbocycles. The number of anilines is 1. The summed E-state index contributed by atoms with van der Waals surface area (Å²) in [5, 5.41) is 8.70. The van der Waals surface area contributed by atoms with Gasteiger partial charge in [0.05, 0.1) is 6.54 Å². The second-order valence-corrected chi connectivity index (χ2v) is 3.51. The molecule has 0 saturated heterocycles. The minimum atomic E-state index is -0.316. The van der Waals surface area contributed by atoms with Crippen molar-refractivity contribution in [3.63, 3.8) is 0 Å². The number of H-pyrrole nitrogens is 1. The van der Waals surface area contributed by atoms with E-state index in [0.717, 1.165) is 0 Å². The van der Waals surface area contributed by atoms with Gasteiger partial charge < -0.3 is 15.8 Å². The molecule has 18 heavy (non-hydrogen) atoms. The van der Waals surface area contributed by atoms with E-state index in [1.165, 1.54) is 6.33 Å². The van der Waals surface area contributed by atoms with Crippen LogP contribution < -0.4 is 15.8 Å². The molecule has 2 aromatic rings. The van der Waals surface area contributed by atoms with Crippen molar-refractivity contribution in [2.45, 2.75) is 0 Å². The van der Waals surface area contributed by atoms with Crippen molar-refractivity contribution in [3.05, 3.63) is 36.4 Å². The first-order valence-electron chi connectivity index (χ1n) is 5.37. The highest BCUT2D eigenvalue weighted by atomic mass is 16.5. The predicted octanol–water partition coefficient (Wildman–Crippen LogP) is 0.196. The number of rotatable bonds is 5. The fourth-order valence-corrected chi connectivity index (χ4v) is 1.34. The second-order valence-electron chi connectivity index (χ2n) is 3.51. The molecule has 2 rings (SSSR count). The van der Waals surface area contributed by atoms with E-state index in [-0.39, 0.29) is 11.7 Å². The van der Waals surface area contributed by atoms with E-state index in [2.05, 4.69) is 20.5 Å². The van der Waals surface area contributed by atoms with Crippen molar-refractivity contribution >= 4 is 11.6 Å². The van der Waals surface area contributed by atoms with Crippen LogP contribution >= 0.6 is 0 Å². The van der Waals surface area contributed by atoms with Gasteiger partial charge in [-0.2, -0.15) is 5.10 Å². The molecule has 1 aromatic heterocycles. The maximum Gasteiger partial charge on any atom is 0.288 e. The first-order chi connectivity index (χ1) is 8.75. The first-order valence-corrected chi connectivity index (χ1v) is 5.37. The lowest BCUT2D eigenvalue weighted by Crippen LogP contribution is -2.28. The average Bonchev–Trinajstić information content (AvgIpc) is 2.88. The molecule has 0 aliphatic rings. The lowest BCUT2D eigenvalue weighted by molar-refractivity contribution is 0.0937. The average molecular weight is 247 g/mol. The second kappa shape index (κ2) is 5.67. The standard InChI is InChI=1S/C11H13N5O2/c12-8-2-1-3-9(6-8)18-5-4-13-11(17)10-14-7-15-16-10/h1-3,6-7H,4-5,12H2,(H,13,17)(H,14,15,16). The molecule has 1 amide bonds. The van der Waals surface area contributed by atoms with E-state index >= 15 is 0 Å². The first kappa shape index (κ1) is 11.9. The summed E-state index contributed by atoms with van der Waals surface area (Å²) in [6.45, 7) is 0.720. The lowest BCUT2D eigenvalue weighted by Gasteiger charge is -2.07. The van der Waals surface area contributed by atoms with Crippen LogP contribution in [0, 0.1) is 0 Å². The number of benzene rings is 1. The smallest absolute Gasteiger partial charge is 0.288 e. The van der Waals surface area contributed by atoms with Gasteiger partial charge in [0.2, 0.25) is 5.82 Å². The third-order valence-electron chi connectivity index (χ3n) is 2.14. The van der Waals surface area contributed by atoms with E-state index in [4.69, 9.17) is 10.5 Å². The van der Waals surface area contributed by atoms with E-state index in [1.54, 1.807) is 24.3 Å². The highest BCUT2D eigenvalue weighted by Crippen LogP contribution is 2.13. The molecule has 0 unspecified atom stereocenters. The topological polar surface area (TPSA) is 106 Å². The highest BCUT2D eigenvalue weighted by Gasteiger charge is 2.06. The number of aromatic amines is 1. The number of hydrogen-bond donors (Lipinski definition) is 3. The maximum absolute atomic E-state index is 11.5. The van der Waals surface area contributed by atoms with Crippen LogP contribution in [-0.4, -0.2) is 34.2 Å². The van der Waals surface area contributed by atoms with Gasteiger partial charge in [0.15, 0.2) is 0 Å². The Balaban J connectivity index is 1.72. The van der Waals surface area contributed by atoms with Gasteiger partial charge in [-0.1, -0.05) is 6.07 Å². The molecule has 0 atom stereocenters. The molecule has 0 bridgehead atoms. The summed E-state index contributed by atoms with van der Waals surface area (Å²) in [7, 11) is 0. The Labute approximate surface area is 103 Å². The van der Waals surface area contributed by atoms with E-state index in [0.29, 0.717) is 24.6 Å². The number of nitrogens with two attached hydrogens (primary N) is 1. The number of carbonyl (C=O) groups excluding carboxylic acids is 1. The Bertz CT molecular complexity index is 512. The zero-order valence-electron chi connectivity index (χ0n) is 9.59. The van der Waals surface area contributed by atoms with Crippen LogP contribution in [0.2, 0.25) is 0 Å². The van der Waals surface area contributed by atoms with Crippen molar-refractivity contribution in [2.24, 2.45) is 0 Å². The quantitative estimate of drug-likeness (QED) is 0.517. The zero-order valence-corrected chi connectivity index (χ0v) is 9.59. The summed E-state index contributed by atoms with van der Waals surface area (Å²) in [5.74, 6) is 0.534. The number of aromatic nitrogens is 3. The normalized spacial score (nSPS) is 10.0. The molecule has 0 aliphatic carbocycles. The monoisotopic (exact) mass is 247 g/mol. The molecule has 0 aliphatic heterocycles. The molecule has 0 radical (unpaired) electrons. The van der Waals surface area contributed by atoms with Gasteiger partial charge in [0.25, 0.3) is 5.91 Å². The van der Waals surface area contributed by atoms with Crippen LogP contribution in [0.1, 0.15) is 10.6 Å². The lowest BCUT2D eigenvalue weighted by atomic mass is 10.3. The van der Waals surface area contributed by atoms with Crippen molar-refractivity contribution in [2.75, 3.05) is 18.9 Å². The van der Waals surface area contributed by atoms with E-state index in [1.807, 2.05) is 0 Å². The Hall–Kier alpha value is -2.57. The molecule has 0 fully saturated rings. The molecule has 1 heterocycles. The number of nitrogen functional groups attached to an aromatic ring is 1. The number of carbonyl (C=O) groups is 1. The molecule has 7 heteroatoms. The number of nitrogens with zero attached hydrogens (tertiary/aromatic N) is 2. The number of amides is 1. The van der Waals surface area contributed by atoms with E-state index in [9.17, 15) is 4.79 Å². The molecular formula is C11H13N5O2. The van der Waals surface area contributed by atoms with Gasteiger partial charge in [0, 0.05) is 11.8 Å². The summed E-state index contributed by atoms with van der Waals surface area (Å²) in [6, 6.07) is 7.10. The number of nitrogens with one attached hydrogen (secondary N) is 2. The highest BCUT2D eigenvalue weighted by molar-refractivity contribution is 5.90. The van der Waals surface area contributed by atoms with Crippen LogP contribution in [0.3, 0.4) is 0 Å². The minimum Gasteiger partial charge on any atom is -0.492 e.